The van der Waals surface area contributed by atoms with Crippen molar-refractivity contribution in [1.82, 2.24) is 10.2 Å². The molecule has 4 heteroatoms. The molecule has 1 heterocycles. The van der Waals surface area contributed by atoms with Crippen molar-refractivity contribution in [2.45, 2.75) is 6.92 Å². The number of nitrogens with zero attached hydrogens (tertiary/aromatic N) is 1. The molecule has 0 aliphatic rings. The van der Waals surface area contributed by atoms with E-state index in [1.807, 2.05) is 6.92 Å². The topological polar surface area (TPSA) is 28.7 Å². The normalized spacial score (nSPS) is 10.5. The number of hydrogen-bond acceptors (Lipinski definition) is 1. The molecule has 72 valence electrons. The molecule has 14 heavy (non-hydrogen) atoms. The third-order valence-electron chi connectivity index (χ3n) is 1.98. The van der Waals surface area contributed by atoms with Crippen molar-refractivity contribution in [2.24, 2.45) is 0 Å². The second kappa shape index (κ2) is 3.53. The molecule has 0 atom stereocenters. The minimum absolute atomic E-state index is 0.249. The van der Waals surface area contributed by atoms with Crippen LogP contribution in [0, 0.1) is 12.7 Å². The largest absolute Gasteiger partial charge is 0.277 e. The van der Waals surface area contributed by atoms with E-state index >= 15 is 0 Å². The summed E-state index contributed by atoms with van der Waals surface area (Å²) in [6.45, 7) is 1.92. The second-order valence-corrected chi connectivity index (χ2v) is 3.93. The Hall–Kier alpha value is -1.16. The summed E-state index contributed by atoms with van der Waals surface area (Å²) in [5.41, 5.74) is 2.23. The molecule has 0 saturated heterocycles. The molecule has 1 N–H and O–H groups in total. The lowest BCUT2D eigenvalue weighted by molar-refractivity contribution is 0.630. The van der Waals surface area contributed by atoms with Gasteiger partial charge in [-0.2, -0.15) is 5.10 Å². The molecule has 0 amide bonds. The Balaban J connectivity index is 2.62. The van der Waals surface area contributed by atoms with Crippen LogP contribution in [0.15, 0.2) is 28.9 Å². The zero-order valence-corrected chi connectivity index (χ0v) is 9.10. The van der Waals surface area contributed by atoms with Crippen LogP contribution < -0.4 is 0 Å². The van der Waals surface area contributed by atoms with Gasteiger partial charge >= 0.3 is 0 Å². The zero-order valence-electron chi connectivity index (χ0n) is 7.51. The average molecular weight is 255 g/mol. The monoisotopic (exact) mass is 254 g/mol. The van der Waals surface area contributed by atoms with Gasteiger partial charge < -0.3 is 0 Å². The molecule has 0 aliphatic heterocycles. The maximum atomic E-state index is 13.4. The van der Waals surface area contributed by atoms with Crippen LogP contribution >= 0.6 is 15.9 Å². The molecule has 0 bridgehead atoms. The van der Waals surface area contributed by atoms with Crippen molar-refractivity contribution in [3.05, 3.63) is 40.2 Å². The van der Waals surface area contributed by atoms with E-state index in [1.165, 1.54) is 6.07 Å². The lowest BCUT2D eigenvalue weighted by Crippen LogP contribution is -1.86. The Bertz CT molecular complexity index is 465. The first-order chi connectivity index (χ1) is 6.68. The summed E-state index contributed by atoms with van der Waals surface area (Å²) in [5, 5.41) is 6.58. The van der Waals surface area contributed by atoms with Crippen molar-refractivity contribution in [1.29, 1.82) is 0 Å². The smallest absolute Gasteiger partial charge is 0.132 e. The summed E-state index contributed by atoms with van der Waals surface area (Å²) >= 11 is 3.30. The Kier molecular flexibility index (Phi) is 2.37. The molecule has 0 aliphatic carbocycles. The van der Waals surface area contributed by atoms with Gasteiger partial charge in [-0.05, 0) is 35.0 Å². The fourth-order valence-electron chi connectivity index (χ4n) is 1.29. The number of aromatic nitrogens is 2. The highest BCUT2D eigenvalue weighted by atomic mass is 79.9. The standard InChI is InChI=1S/C10H8BrFN2/c1-6-2-3-9(12)7(4-6)10-8(11)5-13-14-10/h2-5H,1H3,(H,13,14). The predicted octanol–water partition coefficient (Wildman–Crippen LogP) is 3.29. The van der Waals surface area contributed by atoms with Crippen molar-refractivity contribution in [3.8, 4) is 11.3 Å². The van der Waals surface area contributed by atoms with Gasteiger partial charge in [-0.3, -0.25) is 5.10 Å². The molecular formula is C10H8BrFN2. The Morgan fingerprint density at radius 2 is 2.21 bits per heavy atom. The van der Waals surface area contributed by atoms with Gasteiger partial charge in [0.05, 0.1) is 16.4 Å². The number of rotatable bonds is 1. The Labute approximate surface area is 89.3 Å². The maximum absolute atomic E-state index is 13.4. The van der Waals surface area contributed by atoms with Gasteiger partial charge in [0, 0.05) is 5.56 Å². The summed E-state index contributed by atoms with van der Waals surface area (Å²) in [6, 6.07) is 4.98. The molecule has 0 radical (unpaired) electrons. The van der Waals surface area contributed by atoms with Gasteiger partial charge in [-0.25, -0.2) is 4.39 Å². The Morgan fingerprint density at radius 1 is 1.43 bits per heavy atom. The summed E-state index contributed by atoms with van der Waals surface area (Å²) in [5.74, 6) is -0.249. The van der Waals surface area contributed by atoms with E-state index in [0.717, 1.165) is 10.0 Å². The molecule has 0 fully saturated rings. The van der Waals surface area contributed by atoms with Crippen LogP contribution in [0.1, 0.15) is 5.56 Å². The molecule has 1 aromatic carbocycles. The van der Waals surface area contributed by atoms with Gasteiger partial charge in [-0.15, -0.1) is 0 Å². The third kappa shape index (κ3) is 1.57. The minimum Gasteiger partial charge on any atom is -0.277 e. The predicted molar refractivity (Wildman–Crippen MR) is 56.4 cm³/mol. The molecule has 2 aromatic rings. The van der Waals surface area contributed by atoms with E-state index in [-0.39, 0.29) is 5.82 Å². The van der Waals surface area contributed by atoms with Crippen LogP contribution in [0.5, 0.6) is 0 Å². The van der Waals surface area contributed by atoms with Crippen LogP contribution in [-0.4, -0.2) is 10.2 Å². The number of halogens is 2. The number of aryl methyl sites for hydroxylation is 1. The van der Waals surface area contributed by atoms with E-state index in [0.29, 0.717) is 11.3 Å². The first-order valence-corrected chi connectivity index (χ1v) is 4.93. The van der Waals surface area contributed by atoms with Crippen molar-refractivity contribution < 1.29 is 4.39 Å². The molecule has 1 aromatic heterocycles. The SMILES string of the molecule is Cc1ccc(F)c(-c2[nH]ncc2Br)c1. The highest BCUT2D eigenvalue weighted by Gasteiger charge is 2.09. The van der Waals surface area contributed by atoms with Gasteiger partial charge in [0.15, 0.2) is 0 Å². The number of benzene rings is 1. The van der Waals surface area contributed by atoms with E-state index in [1.54, 1.807) is 18.3 Å². The van der Waals surface area contributed by atoms with Gasteiger partial charge in [-0.1, -0.05) is 11.6 Å². The Morgan fingerprint density at radius 3 is 2.86 bits per heavy atom. The van der Waals surface area contributed by atoms with Crippen LogP contribution in [0.25, 0.3) is 11.3 Å². The lowest BCUT2D eigenvalue weighted by Gasteiger charge is -2.02. The van der Waals surface area contributed by atoms with Crippen LogP contribution in [0.4, 0.5) is 4.39 Å². The zero-order chi connectivity index (χ0) is 10.1. The van der Waals surface area contributed by atoms with Crippen molar-refractivity contribution >= 4 is 15.9 Å². The van der Waals surface area contributed by atoms with E-state index < -0.39 is 0 Å². The van der Waals surface area contributed by atoms with E-state index in [2.05, 4.69) is 26.1 Å². The highest BCUT2D eigenvalue weighted by molar-refractivity contribution is 9.10. The van der Waals surface area contributed by atoms with E-state index in [4.69, 9.17) is 0 Å². The van der Waals surface area contributed by atoms with E-state index in [9.17, 15) is 4.39 Å². The fourth-order valence-corrected chi connectivity index (χ4v) is 1.70. The fraction of sp³-hybridized carbons (Fsp3) is 0.100. The third-order valence-corrected chi connectivity index (χ3v) is 2.59. The summed E-state index contributed by atoms with van der Waals surface area (Å²) < 4.78 is 14.2. The van der Waals surface area contributed by atoms with Crippen LogP contribution in [0.3, 0.4) is 0 Å². The van der Waals surface area contributed by atoms with Gasteiger partial charge in [0.25, 0.3) is 0 Å². The van der Waals surface area contributed by atoms with Crippen LogP contribution in [-0.2, 0) is 0 Å². The molecule has 0 saturated carbocycles. The second-order valence-electron chi connectivity index (χ2n) is 3.08. The van der Waals surface area contributed by atoms with Gasteiger partial charge in [0.1, 0.15) is 5.82 Å². The summed E-state index contributed by atoms with van der Waals surface area (Å²) in [4.78, 5) is 0. The molecule has 0 unspecified atom stereocenters. The first kappa shape index (κ1) is 9.40. The summed E-state index contributed by atoms with van der Waals surface area (Å²) in [7, 11) is 0. The number of H-pyrrole nitrogens is 1. The van der Waals surface area contributed by atoms with Crippen molar-refractivity contribution in [2.75, 3.05) is 0 Å². The molecule has 2 nitrogen and oxygen atoms in total. The lowest BCUT2D eigenvalue weighted by atomic mass is 10.1. The quantitative estimate of drug-likeness (QED) is 0.832. The maximum Gasteiger partial charge on any atom is 0.132 e. The molecule has 0 spiro atoms. The minimum atomic E-state index is -0.249. The average Bonchev–Trinajstić information content (AvgIpc) is 2.56. The number of hydrogen-bond donors (Lipinski definition) is 1. The first-order valence-electron chi connectivity index (χ1n) is 4.14. The molecular weight excluding hydrogens is 247 g/mol. The summed E-state index contributed by atoms with van der Waals surface area (Å²) in [6.07, 6.45) is 1.61. The van der Waals surface area contributed by atoms with Crippen LogP contribution in [0.2, 0.25) is 0 Å². The number of nitrogens with one attached hydrogen (secondary N) is 1. The van der Waals surface area contributed by atoms with Crippen molar-refractivity contribution in [3.63, 3.8) is 0 Å². The number of aromatic amines is 1. The van der Waals surface area contributed by atoms with Gasteiger partial charge in [0.2, 0.25) is 0 Å². The molecule has 2 rings (SSSR count). The highest BCUT2D eigenvalue weighted by Crippen LogP contribution is 2.28.